The van der Waals surface area contributed by atoms with Gasteiger partial charge in [0.1, 0.15) is 5.41 Å². The van der Waals surface area contributed by atoms with E-state index in [-0.39, 0.29) is 11.7 Å². The second-order valence-electron chi connectivity index (χ2n) is 5.00. The van der Waals surface area contributed by atoms with Gasteiger partial charge < -0.3 is 16.3 Å². The largest absolute Gasteiger partial charge is 0.409 e. The molecule has 4 N–H and O–H groups in total. The Morgan fingerprint density at radius 2 is 2.12 bits per heavy atom. The molecule has 0 spiro atoms. The first kappa shape index (κ1) is 13.8. The van der Waals surface area contributed by atoms with Gasteiger partial charge in [-0.2, -0.15) is 0 Å². The van der Waals surface area contributed by atoms with Crippen LogP contribution in [0.4, 0.5) is 0 Å². The lowest BCUT2D eigenvalue weighted by molar-refractivity contribution is -0.127. The fourth-order valence-corrected chi connectivity index (χ4v) is 2.25. The Balaban J connectivity index is 2.68. The van der Waals surface area contributed by atoms with Gasteiger partial charge in [-0.1, -0.05) is 38.3 Å². The quantitative estimate of drug-likeness (QED) is 0.295. The molecule has 1 atom stereocenters. The summed E-state index contributed by atoms with van der Waals surface area (Å²) in [6.07, 6.45) is 4.28. The number of hydrogen-bond donors (Lipinski definition) is 3. The van der Waals surface area contributed by atoms with Crippen molar-refractivity contribution in [2.75, 3.05) is 6.54 Å². The van der Waals surface area contributed by atoms with Gasteiger partial charge >= 0.3 is 0 Å². The molecule has 1 saturated carbocycles. The molecule has 17 heavy (non-hydrogen) atoms. The van der Waals surface area contributed by atoms with Crippen LogP contribution in [0.1, 0.15) is 46.0 Å². The molecule has 1 rings (SSSR count). The Morgan fingerprint density at radius 3 is 2.59 bits per heavy atom. The first-order valence-corrected chi connectivity index (χ1v) is 6.33. The Bertz CT molecular complexity index is 296. The molecule has 0 aromatic heterocycles. The average Bonchev–Trinajstić information content (AvgIpc) is 2.84. The molecule has 5 nitrogen and oxygen atoms in total. The summed E-state index contributed by atoms with van der Waals surface area (Å²) in [7, 11) is 0. The third-order valence-electron chi connectivity index (χ3n) is 3.80. The summed E-state index contributed by atoms with van der Waals surface area (Å²) in [5, 5.41) is 14.8. The molecule has 0 saturated heterocycles. The smallest absolute Gasteiger partial charge is 0.233 e. The minimum absolute atomic E-state index is 0.0525. The van der Waals surface area contributed by atoms with Crippen LogP contribution in [-0.4, -0.2) is 23.5 Å². The van der Waals surface area contributed by atoms with Crippen LogP contribution in [0.3, 0.4) is 0 Å². The van der Waals surface area contributed by atoms with E-state index in [1.165, 1.54) is 0 Å². The number of carbonyl (C=O) groups is 1. The standard InChI is InChI=1S/C12H23N3O2/c1-3-9(2)8-14-11(16)12(10(13)15-17)6-4-5-7-12/h9,17H,3-8H2,1-2H3,(H2,13,15)(H,14,16). The molecule has 1 amide bonds. The lowest BCUT2D eigenvalue weighted by Gasteiger charge is -2.26. The molecule has 1 fully saturated rings. The Morgan fingerprint density at radius 1 is 1.53 bits per heavy atom. The van der Waals surface area contributed by atoms with E-state index >= 15 is 0 Å². The van der Waals surface area contributed by atoms with Gasteiger partial charge in [-0.3, -0.25) is 4.79 Å². The highest BCUT2D eigenvalue weighted by atomic mass is 16.4. The zero-order valence-electron chi connectivity index (χ0n) is 10.7. The predicted molar refractivity (Wildman–Crippen MR) is 66.8 cm³/mol. The zero-order chi connectivity index (χ0) is 12.9. The summed E-state index contributed by atoms with van der Waals surface area (Å²) < 4.78 is 0. The number of oxime groups is 1. The van der Waals surface area contributed by atoms with Gasteiger partial charge in [-0.25, -0.2) is 0 Å². The van der Waals surface area contributed by atoms with Crippen molar-refractivity contribution in [2.24, 2.45) is 22.2 Å². The monoisotopic (exact) mass is 241 g/mol. The maximum atomic E-state index is 12.2. The van der Waals surface area contributed by atoms with Gasteiger partial charge in [0.25, 0.3) is 0 Å². The summed E-state index contributed by atoms with van der Waals surface area (Å²) in [5.74, 6) is 0.409. The van der Waals surface area contributed by atoms with Crippen LogP contribution >= 0.6 is 0 Å². The van der Waals surface area contributed by atoms with E-state index in [0.717, 1.165) is 19.3 Å². The van der Waals surface area contributed by atoms with E-state index in [1.807, 2.05) is 0 Å². The summed E-state index contributed by atoms with van der Waals surface area (Å²) in [6, 6.07) is 0. The fourth-order valence-electron chi connectivity index (χ4n) is 2.25. The molecule has 0 aromatic carbocycles. The molecule has 1 unspecified atom stereocenters. The van der Waals surface area contributed by atoms with E-state index < -0.39 is 5.41 Å². The van der Waals surface area contributed by atoms with Crippen molar-refractivity contribution in [2.45, 2.75) is 46.0 Å². The van der Waals surface area contributed by atoms with Gasteiger partial charge in [-0.05, 0) is 18.8 Å². The third-order valence-corrected chi connectivity index (χ3v) is 3.80. The number of rotatable bonds is 5. The van der Waals surface area contributed by atoms with Crippen molar-refractivity contribution >= 4 is 11.7 Å². The third kappa shape index (κ3) is 2.90. The molecule has 0 bridgehead atoms. The molecule has 0 aromatic rings. The molecule has 0 aliphatic heterocycles. The first-order chi connectivity index (χ1) is 8.06. The lowest BCUT2D eigenvalue weighted by atomic mass is 9.83. The van der Waals surface area contributed by atoms with Crippen molar-refractivity contribution in [1.29, 1.82) is 0 Å². The number of nitrogens with zero attached hydrogens (tertiary/aromatic N) is 1. The molecular weight excluding hydrogens is 218 g/mol. The second kappa shape index (κ2) is 5.89. The van der Waals surface area contributed by atoms with Gasteiger partial charge in [0, 0.05) is 6.54 Å². The molecule has 1 aliphatic rings. The normalized spacial score (nSPS) is 21.2. The fraction of sp³-hybridized carbons (Fsp3) is 0.833. The van der Waals surface area contributed by atoms with Crippen molar-refractivity contribution in [3.05, 3.63) is 0 Å². The van der Waals surface area contributed by atoms with E-state index in [0.29, 0.717) is 25.3 Å². The maximum absolute atomic E-state index is 12.2. The molecule has 1 aliphatic carbocycles. The minimum Gasteiger partial charge on any atom is -0.409 e. The van der Waals surface area contributed by atoms with E-state index in [4.69, 9.17) is 10.9 Å². The van der Waals surface area contributed by atoms with Crippen molar-refractivity contribution in [3.63, 3.8) is 0 Å². The number of amides is 1. The Kier molecular flexibility index (Phi) is 4.78. The van der Waals surface area contributed by atoms with E-state index in [1.54, 1.807) is 0 Å². The van der Waals surface area contributed by atoms with Crippen LogP contribution in [0.2, 0.25) is 0 Å². The van der Waals surface area contributed by atoms with Crippen molar-refractivity contribution < 1.29 is 10.0 Å². The Hall–Kier alpha value is -1.26. The van der Waals surface area contributed by atoms with Crippen LogP contribution in [0, 0.1) is 11.3 Å². The van der Waals surface area contributed by atoms with Crippen LogP contribution in [0.5, 0.6) is 0 Å². The number of nitrogens with one attached hydrogen (secondary N) is 1. The molecular formula is C12H23N3O2. The van der Waals surface area contributed by atoms with Crippen LogP contribution < -0.4 is 11.1 Å². The topological polar surface area (TPSA) is 87.7 Å². The predicted octanol–water partition coefficient (Wildman–Crippen LogP) is 1.46. The highest BCUT2D eigenvalue weighted by molar-refractivity contribution is 6.07. The summed E-state index contributed by atoms with van der Waals surface area (Å²) >= 11 is 0. The molecule has 0 heterocycles. The number of hydrogen-bond acceptors (Lipinski definition) is 3. The zero-order valence-corrected chi connectivity index (χ0v) is 10.7. The number of nitrogens with two attached hydrogens (primary N) is 1. The molecule has 98 valence electrons. The first-order valence-electron chi connectivity index (χ1n) is 6.33. The number of carbonyl (C=O) groups excluding carboxylic acids is 1. The van der Waals surface area contributed by atoms with Crippen molar-refractivity contribution in [3.8, 4) is 0 Å². The van der Waals surface area contributed by atoms with Gasteiger partial charge in [0.2, 0.25) is 5.91 Å². The minimum atomic E-state index is -0.776. The summed E-state index contributed by atoms with van der Waals surface area (Å²) in [6.45, 7) is 4.83. The van der Waals surface area contributed by atoms with Gasteiger partial charge in [-0.15, -0.1) is 0 Å². The second-order valence-corrected chi connectivity index (χ2v) is 5.00. The maximum Gasteiger partial charge on any atom is 0.233 e. The summed E-state index contributed by atoms with van der Waals surface area (Å²) in [5.41, 5.74) is 4.92. The molecule has 0 radical (unpaired) electrons. The number of amidine groups is 1. The van der Waals surface area contributed by atoms with E-state index in [9.17, 15) is 4.79 Å². The van der Waals surface area contributed by atoms with Crippen molar-refractivity contribution in [1.82, 2.24) is 5.32 Å². The van der Waals surface area contributed by atoms with Crippen LogP contribution in [-0.2, 0) is 4.79 Å². The van der Waals surface area contributed by atoms with Crippen LogP contribution in [0.15, 0.2) is 5.16 Å². The average molecular weight is 241 g/mol. The highest BCUT2D eigenvalue weighted by Gasteiger charge is 2.45. The Labute approximate surface area is 102 Å². The van der Waals surface area contributed by atoms with E-state index in [2.05, 4.69) is 24.3 Å². The summed E-state index contributed by atoms with van der Waals surface area (Å²) in [4.78, 5) is 12.2. The van der Waals surface area contributed by atoms with Gasteiger partial charge in [0.05, 0.1) is 0 Å². The lowest BCUT2D eigenvalue weighted by Crippen LogP contribution is -2.49. The highest BCUT2D eigenvalue weighted by Crippen LogP contribution is 2.38. The molecule has 5 heteroatoms. The van der Waals surface area contributed by atoms with Crippen LogP contribution in [0.25, 0.3) is 0 Å². The SMILES string of the molecule is CCC(C)CNC(=O)C1(C(N)=NO)CCCC1. The van der Waals surface area contributed by atoms with Gasteiger partial charge in [0.15, 0.2) is 5.84 Å².